The number of benzene rings is 1. The van der Waals surface area contributed by atoms with Crippen LogP contribution in [0.2, 0.25) is 5.02 Å². The number of rotatable bonds is 5. The summed E-state index contributed by atoms with van der Waals surface area (Å²) in [5.74, 6) is 0.292. The van der Waals surface area contributed by atoms with Crippen molar-refractivity contribution in [2.75, 3.05) is 6.54 Å². The molecule has 8 heteroatoms. The van der Waals surface area contributed by atoms with Crippen molar-refractivity contribution in [3.63, 3.8) is 0 Å². The molecule has 2 aromatic rings. The van der Waals surface area contributed by atoms with Gasteiger partial charge >= 0.3 is 0 Å². The maximum atomic E-state index is 11.9. The second kappa shape index (κ2) is 6.16. The zero-order valence-electron chi connectivity index (χ0n) is 10.3. The number of aromatic amines is 1. The number of hydrogen-bond donors (Lipinski definition) is 2. The summed E-state index contributed by atoms with van der Waals surface area (Å²) in [6.07, 6.45) is 3.84. The van der Waals surface area contributed by atoms with Gasteiger partial charge in [-0.25, -0.2) is 4.98 Å². The molecule has 0 aliphatic carbocycles. The van der Waals surface area contributed by atoms with E-state index in [4.69, 9.17) is 11.6 Å². The van der Waals surface area contributed by atoms with E-state index < -0.39 is 10.8 Å². The average molecular weight is 295 g/mol. The number of nitrogens with one attached hydrogen (secondary N) is 2. The van der Waals surface area contributed by atoms with Crippen LogP contribution >= 0.6 is 11.6 Å². The Hall–Kier alpha value is -2.41. The van der Waals surface area contributed by atoms with Crippen LogP contribution in [-0.2, 0) is 6.42 Å². The van der Waals surface area contributed by atoms with E-state index in [1.165, 1.54) is 18.2 Å². The number of nitro groups is 1. The third kappa shape index (κ3) is 3.12. The molecular weight excluding hydrogens is 284 g/mol. The predicted molar refractivity (Wildman–Crippen MR) is 72.7 cm³/mol. The standard InChI is InChI=1S/C12H11ClN4O3/c13-11-8(2-1-3-9(11)17(19)20)12(18)16-5-4-10-14-6-7-15-10/h1-3,6-7H,4-5H2,(H,14,15)(H,16,18). The topological polar surface area (TPSA) is 101 Å². The lowest BCUT2D eigenvalue weighted by atomic mass is 10.2. The van der Waals surface area contributed by atoms with Crippen LogP contribution in [0.4, 0.5) is 5.69 Å². The van der Waals surface area contributed by atoms with Crippen molar-refractivity contribution in [3.8, 4) is 0 Å². The van der Waals surface area contributed by atoms with Crippen LogP contribution in [0.3, 0.4) is 0 Å². The fourth-order valence-electron chi connectivity index (χ4n) is 1.66. The zero-order chi connectivity index (χ0) is 14.5. The van der Waals surface area contributed by atoms with Gasteiger partial charge in [0.15, 0.2) is 0 Å². The van der Waals surface area contributed by atoms with E-state index in [1.54, 1.807) is 12.4 Å². The Morgan fingerprint density at radius 1 is 1.50 bits per heavy atom. The van der Waals surface area contributed by atoms with E-state index in [2.05, 4.69) is 15.3 Å². The number of nitro benzene ring substituents is 1. The number of amides is 1. The number of hydrogen-bond acceptors (Lipinski definition) is 4. The van der Waals surface area contributed by atoms with Crippen molar-refractivity contribution < 1.29 is 9.72 Å². The van der Waals surface area contributed by atoms with Crippen LogP contribution < -0.4 is 5.32 Å². The first-order chi connectivity index (χ1) is 9.59. The molecule has 0 unspecified atom stereocenters. The largest absolute Gasteiger partial charge is 0.352 e. The van der Waals surface area contributed by atoms with Gasteiger partial charge in [-0.15, -0.1) is 0 Å². The van der Waals surface area contributed by atoms with Crippen LogP contribution in [0, 0.1) is 10.1 Å². The second-order valence-corrected chi connectivity index (χ2v) is 4.32. The van der Waals surface area contributed by atoms with Crippen LogP contribution in [0.1, 0.15) is 16.2 Å². The molecule has 2 N–H and O–H groups in total. The molecule has 1 heterocycles. The number of aromatic nitrogens is 2. The average Bonchev–Trinajstić information content (AvgIpc) is 2.91. The summed E-state index contributed by atoms with van der Waals surface area (Å²) in [5, 5.41) is 13.2. The summed E-state index contributed by atoms with van der Waals surface area (Å²) in [5.41, 5.74) is -0.203. The third-order valence-electron chi connectivity index (χ3n) is 2.62. The fourth-order valence-corrected chi connectivity index (χ4v) is 1.94. The van der Waals surface area contributed by atoms with Crippen LogP contribution in [0.15, 0.2) is 30.6 Å². The molecule has 0 aliphatic heterocycles. The number of nitrogens with zero attached hydrogens (tertiary/aromatic N) is 2. The molecule has 0 saturated heterocycles. The summed E-state index contributed by atoms with van der Waals surface area (Å²) in [6, 6.07) is 4.12. The van der Waals surface area contributed by atoms with E-state index >= 15 is 0 Å². The van der Waals surface area contributed by atoms with Gasteiger partial charge in [-0.1, -0.05) is 17.7 Å². The van der Waals surface area contributed by atoms with E-state index in [0.717, 1.165) is 5.82 Å². The van der Waals surface area contributed by atoms with E-state index in [9.17, 15) is 14.9 Å². The van der Waals surface area contributed by atoms with Crippen molar-refractivity contribution in [3.05, 3.63) is 57.1 Å². The van der Waals surface area contributed by atoms with Gasteiger partial charge in [-0.05, 0) is 6.07 Å². The van der Waals surface area contributed by atoms with Gasteiger partial charge in [0.25, 0.3) is 11.6 Å². The molecule has 0 aliphatic rings. The maximum Gasteiger partial charge on any atom is 0.288 e. The summed E-state index contributed by atoms with van der Waals surface area (Å²) in [4.78, 5) is 29.0. The smallest absolute Gasteiger partial charge is 0.288 e. The van der Waals surface area contributed by atoms with Gasteiger partial charge in [-0.2, -0.15) is 0 Å². The van der Waals surface area contributed by atoms with E-state index in [0.29, 0.717) is 13.0 Å². The molecule has 1 aromatic carbocycles. The van der Waals surface area contributed by atoms with Crippen molar-refractivity contribution in [1.29, 1.82) is 0 Å². The molecular formula is C12H11ClN4O3. The summed E-state index contributed by atoms with van der Waals surface area (Å²) in [6.45, 7) is 0.353. The van der Waals surface area contributed by atoms with Gasteiger partial charge in [0.2, 0.25) is 0 Å². The Balaban J connectivity index is 2.02. The predicted octanol–water partition coefficient (Wildman–Crippen LogP) is 1.94. The van der Waals surface area contributed by atoms with Crippen LogP contribution in [-0.4, -0.2) is 27.3 Å². The Bertz CT molecular complexity index is 628. The zero-order valence-corrected chi connectivity index (χ0v) is 11.1. The molecule has 0 radical (unpaired) electrons. The Morgan fingerprint density at radius 2 is 2.30 bits per heavy atom. The quantitative estimate of drug-likeness (QED) is 0.650. The highest BCUT2D eigenvalue weighted by atomic mass is 35.5. The lowest BCUT2D eigenvalue weighted by Crippen LogP contribution is -2.26. The highest BCUT2D eigenvalue weighted by Crippen LogP contribution is 2.27. The van der Waals surface area contributed by atoms with E-state index in [-0.39, 0.29) is 16.3 Å². The number of carbonyl (C=O) groups excluding carboxylic acids is 1. The molecule has 0 bridgehead atoms. The highest BCUT2D eigenvalue weighted by molar-refractivity contribution is 6.35. The van der Waals surface area contributed by atoms with Crippen molar-refractivity contribution >= 4 is 23.2 Å². The normalized spacial score (nSPS) is 10.2. The molecule has 1 aromatic heterocycles. The molecule has 0 spiro atoms. The molecule has 2 rings (SSSR count). The molecule has 0 fully saturated rings. The van der Waals surface area contributed by atoms with Gasteiger partial charge in [-0.3, -0.25) is 14.9 Å². The first-order valence-corrected chi connectivity index (χ1v) is 6.16. The van der Waals surface area contributed by atoms with Gasteiger partial charge in [0.1, 0.15) is 10.8 Å². The first kappa shape index (κ1) is 14.0. The lowest BCUT2D eigenvalue weighted by molar-refractivity contribution is -0.384. The Labute approximate surface area is 119 Å². The number of imidazole rings is 1. The molecule has 7 nitrogen and oxygen atoms in total. The Morgan fingerprint density at radius 3 is 2.95 bits per heavy atom. The molecule has 20 heavy (non-hydrogen) atoms. The van der Waals surface area contributed by atoms with Gasteiger partial charge < -0.3 is 10.3 Å². The molecule has 0 atom stereocenters. The van der Waals surface area contributed by atoms with Crippen molar-refractivity contribution in [1.82, 2.24) is 15.3 Å². The SMILES string of the molecule is O=C(NCCc1ncc[nH]1)c1cccc([N+](=O)[O-])c1Cl. The van der Waals surface area contributed by atoms with E-state index in [1.807, 2.05) is 0 Å². The van der Waals surface area contributed by atoms with Crippen molar-refractivity contribution in [2.45, 2.75) is 6.42 Å². The minimum Gasteiger partial charge on any atom is -0.352 e. The molecule has 1 amide bonds. The number of carbonyl (C=O) groups is 1. The monoisotopic (exact) mass is 294 g/mol. The van der Waals surface area contributed by atoms with Gasteiger partial charge in [0.05, 0.1) is 10.5 Å². The lowest BCUT2D eigenvalue weighted by Gasteiger charge is -2.06. The number of H-pyrrole nitrogens is 1. The molecule has 104 valence electrons. The summed E-state index contributed by atoms with van der Waals surface area (Å²) in [7, 11) is 0. The number of halogens is 1. The minimum absolute atomic E-state index is 0.0836. The van der Waals surface area contributed by atoms with Crippen LogP contribution in [0.25, 0.3) is 0 Å². The highest BCUT2D eigenvalue weighted by Gasteiger charge is 2.19. The van der Waals surface area contributed by atoms with Crippen molar-refractivity contribution in [2.24, 2.45) is 0 Å². The van der Waals surface area contributed by atoms with Crippen LogP contribution in [0.5, 0.6) is 0 Å². The van der Waals surface area contributed by atoms with Gasteiger partial charge in [0, 0.05) is 31.4 Å². The second-order valence-electron chi connectivity index (χ2n) is 3.94. The first-order valence-electron chi connectivity index (χ1n) is 5.79. The maximum absolute atomic E-state index is 11.9. The Kier molecular flexibility index (Phi) is 4.31. The summed E-state index contributed by atoms with van der Waals surface area (Å²) >= 11 is 5.86. The fraction of sp³-hybridized carbons (Fsp3) is 0.167. The molecule has 0 saturated carbocycles. The summed E-state index contributed by atoms with van der Waals surface area (Å²) < 4.78 is 0. The third-order valence-corrected chi connectivity index (χ3v) is 3.02. The minimum atomic E-state index is -0.623.